The monoisotopic (exact) mass is 216 g/mol. The molecule has 3 nitrogen and oxygen atoms in total. The molecule has 1 heterocycles. The number of aliphatic hydroxyl groups is 1. The van der Waals surface area contributed by atoms with Crippen molar-refractivity contribution in [1.29, 1.82) is 0 Å². The van der Waals surface area contributed by atoms with Gasteiger partial charge in [0.15, 0.2) is 0 Å². The number of hydrogen-bond acceptors (Lipinski definition) is 3. The van der Waals surface area contributed by atoms with E-state index >= 15 is 0 Å². The van der Waals surface area contributed by atoms with Crippen LogP contribution in [0.25, 0.3) is 0 Å². The lowest BCUT2D eigenvalue weighted by Gasteiger charge is -2.25. The van der Waals surface area contributed by atoms with E-state index in [1.165, 1.54) is 0 Å². The van der Waals surface area contributed by atoms with E-state index in [-0.39, 0.29) is 24.2 Å². The lowest BCUT2D eigenvalue weighted by atomic mass is 9.85. The van der Waals surface area contributed by atoms with Gasteiger partial charge in [-0.25, -0.2) is 0 Å². The van der Waals surface area contributed by atoms with Crippen LogP contribution in [0, 0.1) is 11.8 Å². The largest absolute Gasteiger partial charge is 0.390 e. The van der Waals surface area contributed by atoms with E-state index in [0.29, 0.717) is 12.5 Å². The Morgan fingerprint density at radius 2 is 1.80 bits per heavy atom. The van der Waals surface area contributed by atoms with E-state index < -0.39 is 6.10 Å². The van der Waals surface area contributed by atoms with Gasteiger partial charge in [-0.05, 0) is 33.6 Å². The van der Waals surface area contributed by atoms with Crippen LogP contribution < -0.4 is 0 Å². The van der Waals surface area contributed by atoms with Crippen LogP contribution in [0.4, 0.5) is 0 Å². The highest BCUT2D eigenvalue weighted by molar-refractivity contribution is 4.88. The van der Waals surface area contributed by atoms with Crippen LogP contribution in [-0.4, -0.2) is 36.1 Å². The van der Waals surface area contributed by atoms with Crippen molar-refractivity contribution in [2.75, 3.05) is 6.61 Å². The van der Waals surface area contributed by atoms with E-state index in [0.717, 1.165) is 0 Å². The normalized spacial score (nSPS) is 38.6. The summed E-state index contributed by atoms with van der Waals surface area (Å²) in [6, 6.07) is 0. The van der Waals surface area contributed by atoms with E-state index in [9.17, 15) is 5.11 Å². The minimum absolute atomic E-state index is 0.126. The molecule has 1 saturated heterocycles. The molecule has 0 aromatic rings. The van der Waals surface area contributed by atoms with Crippen molar-refractivity contribution in [2.24, 2.45) is 11.8 Å². The van der Waals surface area contributed by atoms with Crippen LogP contribution in [0.3, 0.4) is 0 Å². The third kappa shape index (κ3) is 3.16. The van der Waals surface area contributed by atoms with Gasteiger partial charge in [0.25, 0.3) is 0 Å². The van der Waals surface area contributed by atoms with Gasteiger partial charge < -0.3 is 14.6 Å². The molecule has 0 radical (unpaired) electrons. The molecule has 0 bridgehead atoms. The second-order valence-corrected chi connectivity index (χ2v) is 4.93. The van der Waals surface area contributed by atoms with Gasteiger partial charge in [0.2, 0.25) is 0 Å². The molecule has 1 aliphatic rings. The van der Waals surface area contributed by atoms with Gasteiger partial charge in [-0.1, -0.05) is 6.92 Å². The lowest BCUT2D eigenvalue weighted by molar-refractivity contribution is -0.0399. The molecule has 0 spiro atoms. The molecule has 3 heteroatoms. The zero-order valence-corrected chi connectivity index (χ0v) is 10.4. The van der Waals surface area contributed by atoms with Crippen molar-refractivity contribution in [3.63, 3.8) is 0 Å². The first kappa shape index (κ1) is 12.9. The molecule has 1 rings (SSSR count). The molecule has 15 heavy (non-hydrogen) atoms. The Morgan fingerprint density at radius 1 is 1.20 bits per heavy atom. The summed E-state index contributed by atoms with van der Waals surface area (Å²) >= 11 is 0. The zero-order chi connectivity index (χ0) is 11.6. The first-order valence-corrected chi connectivity index (χ1v) is 5.88. The molecule has 1 fully saturated rings. The second-order valence-electron chi connectivity index (χ2n) is 4.93. The third-order valence-corrected chi connectivity index (χ3v) is 3.36. The molecule has 5 unspecified atom stereocenters. The Morgan fingerprint density at radius 3 is 2.20 bits per heavy atom. The van der Waals surface area contributed by atoms with Crippen LogP contribution in [0.1, 0.15) is 34.6 Å². The van der Waals surface area contributed by atoms with Crippen molar-refractivity contribution in [1.82, 2.24) is 0 Å². The van der Waals surface area contributed by atoms with Crippen molar-refractivity contribution in [3.8, 4) is 0 Å². The van der Waals surface area contributed by atoms with Crippen molar-refractivity contribution in [3.05, 3.63) is 0 Å². The SMILES string of the molecule is CC(C)OCC(O)C1C(C)OC(C)C1C. The summed E-state index contributed by atoms with van der Waals surface area (Å²) in [6.07, 6.45) is 0.117. The molecule has 0 aromatic heterocycles. The Balaban J connectivity index is 2.47. The van der Waals surface area contributed by atoms with Crippen molar-refractivity contribution in [2.45, 2.75) is 59.0 Å². The Labute approximate surface area is 92.8 Å². The predicted molar refractivity (Wildman–Crippen MR) is 59.8 cm³/mol. The standard InChI is InChI=1S/C12H24O3/c1-7(2)14-6-11(13)12-8(3)9(4)15-10(12)5/h7-13H,6H2,1-5H3. The highest BCUT2D eigenvalue weighted by atomic mass is 16.5. The van der Waals surface area contributed by atoms with E-state index in [1.54, 1.807) is 0 Å². The van der Waals surface area contributed by atoms with Gasteiger partial charge >= 0.3 is 0 Å². The molecule has 0 amide bonds. The summed E-state index contributed by atoms with van der Waals surface area (Å²) in [5.41, 5.74) is 0. The predicted octanol–water partition coefficient (Wildman–Crippen LogP) is 1.83. The Hall–Kier alpha value is -0.120. The highest BCUT2D eigenvalue weighted by Gasteiger charge is 2.41. The topological polar surface area (TPSA) is 38.7 Å². The van der Waals surface area contributed by atoms with Crippen molar-refractivity contribution < 1.29 is 14.6 Å². The van der Waals surface area contributed by atoms with Crippen molar-refractivity contribution >= 4 is 0 Å². The molecule has 0 saturated carbocycles. The molecular weight excluding hydrogens is 192 g/mol. The Kier molecular flexibility index (Phi) is 4.56. The lowest BCUT2D eigenvalue weighted by Crippen LogP contribution is -2.35. The van der Waals surface area contributed by atoms with Crippen LogP contribution >= 0.6 is 0 Å². The fraction of sp³-hybridized carbons (Fsp3) is 1.00. The summed E-state index contributed by atoms with van der Waals surface area (Å²) in [5.74, 6) is 0.588. The van der Waals surface area contributed by atoms with Gasteiger partial charge in [-0.2, -0.15) is 0 Å². The number of rotatable bonds is 4. The molecule has 5 atom stereocenters. The summed E-state index contributed by atoms with van der Waals surface area (Å²) in [6.45, 7) is 10.6. The van der Waals surface area contributed by atoms with Gasteiger partial charge in [-0.15, -0.1) is 0 Å². The van der Waals surface area contributed by atoms with Gasteiger partial charge in [0.1, 0.15) is 0 Å². The van der Waals surface area contributed by atoms with Crippen LogP contribution in [-0.2, 0) is 9.47 Å². The molecule has 0 aliphatic carbocycles. The smallest absolute Gasteiger partial charge is 0.0830 e. The zero-order valence-electron chi connectivity index (χ0n) is 10.4. The summed E-state index contributed by atoms with van der Waals surface area (Å²) in [5, 5.41) is 10.1. The number of hydrogen-bond donors (Lipinski definition) is 1. The van der Waals surface area contributed by atoms with E-state index in [2.05, 4.69) is 13.8 Å². The maximum absolute atomic E-state index is 10.1. The number of aliphatic hydroxyl groups excluding tert-OH is 1. The van der Waals surface area contributed by atoms with Gasteiger partial charge in [-0.3, -0.25) is 0 Å². The fourth-order valence-electron chi connectivity index (χ4n) is 2.36. The summed E-state index contributed by atoms with van der Waals surface area (Å²) in [4.78, 5) is 0. The quantitative estimate of drug-likeness (QED) is 0.779. The molecule has 0 aromatic carbocycles. The molecule has 1 aliphatic heterocycles. The second kappa shape index (κ2) is 5.28. The first-order valence-electron chi connectivity index (χ1n) is 5.88. The van der Waals surface area contributed by atoms with Crippen LogP contribution in [0.2, 0.25) is 0 Å². The average Bonchev–Trinajstić information content (AvgIpc) is 2.37. The van der Waals surface area contributed by atoms with E-state index in [4.69, 9.17) is 9.47 Å². The van der Waals surface area contributed by atoms with E-state index in [1.807, 2.05) is 20.8 Å². The molecular formula is C12H24O3. The molecule has 90 valence electrons. The summed E-state index contributed by atoms with van der Waals surface area (Å²) < 4.78 is 11.1. The fourth-order valence-corrected chi connectivity index (χ4v) is 2.36. The average molecular weight is 216 g/mol. The third-order valence-electron chi connectivity index (χ3n) is 3.36. The number of ether oxygens (including phenoxy) is 2. The van der Waals surface area contributed by atoms with Crippen LogP contribution in [0.15, 0.2) is 0 Å². The maximum atomic E-state index is 10.1. The molecule has 1 N–H and O–H groups in total. The first-order chi connectivity index (χ1) is 6.93. The van der Waals surface area contributed by atoms with Gasteiger partial charge in [0, 0.05) is 5.92 Å². The minimum atomic E-state index is -0.414. The Bertz CT molecular complexity index is 193. The summed E-state index contributed by atoms with van der Waals surface area (Å²) in [7, 11) is 0. The van der Waals surface area contributed by atoms with Gasteiger partial charge in [0.05, 0.1) is 31.0 Å². The maximum Gasteiger partial charge on any atom is 0.0830 e. The van der Waals surface area contributed by atoms with Crippen LogP contribution in [0.5, 0.6) is 0 Å². The highest BCUT2D eigenvalue weighted by Crippen LogP contribution is 2.34. The minimum Gasteiger partial charge on any atom is -0.390 e.